The number of piperidine rings is 1. The first-order chi connectivity index (χ1) is 14.0. The molecule has 2 amide bonds. The zero-order valence-electron chi connectivity index (χ0n) is 18.0. The Balaban J connectivity index is 1.52. The maximum atomic E-state index is 12.9. The summed E-state index contributed by atoms with van der Waals surface area (Å²) in [5, 5.41) is 4.71. The van der Waals surface area contributed by atoms with E-state index in [1.807, 2.05) is 57.5 Å². The van der Waals surface area contributed by atoms with Gasteiger partial charge in [0.1, 0.15) is 11.3 Å². The third-order valence-corrected chi connectivity index (χ3v) is 6.42. The van der Waals surface area contributed by atoms with Crippen molar-refractivity contribution >= 4 is 46.6 Å². The predicted molar refractivity (Wildman–Crippen MR) is 122 cm³/mol. The van der Waals surface area contributed by atoms with Gasteiger partial charge >= 0.3 is 6.09 Å². The molecule has 3 rings (SSSR count). The Labute approximate surface area is 186 Å². The molecule has 0 saturated carbocycles. The molecule has 9 heteroatoms. The van der Waals surface area contributed by atoms with Crippen molar-refractivity contribution < 1.29 is 14.3 Å². The van der Waals surface area contributed by atoms with Crippen LogP contribution in [0.1, 0.15) is 49.7 Å². The van der Waals surface area contributed by atoms with Gasteiger partial charge in [-0.25, -0.2) is 9.10 Å². The van der Waals surface area contributed by atoms with Gasteiger partial charge < -0.3 is 14.6 Å². The normalized spacial score (nSPS) is 15.9. The second-order valence-corrected chi connectivity index (χ2v) is 9.87. The van der Waals surface area contributed by atoms with Gasteiger partial charge in [0.05, 0.1) is 5.02 Å². The number of amides is 2. The number of fused-ring (bicyclic) bond motifs is 1. The summed E-state index contributed by atoms with van der Waals surface area (Å²) in [6.07, 6.45) is 1.16. The number of halogens is 1. The number of nitrogens with zero attached hydrogens (tertiary/aromatic N) is 2. The number of carbonyl (C=O) groups excluding carboxylic acids is 2. The molecule has 0 bridgehead atoms. The van der Waals surface area contributed by atoms with Gasteiger partial charge in [0.2, 0.25) is 0 Å². The van der Waals surface area contributed by atoms with Gasteiger partial charge in [0.25, 0.3) is 5.91 Å². The van der Waals surface area contributed by atoms with Crippen molar-refractivity contribution in [2.45, 2.75) is 52.2 Å². The molecule has 1 fully saturated rings. The van der Waals surface area contributed by atoms with Crippen LogP contribution in [0, 0.1) is 6.92 Å². The third kappa shape index (κ3) is 5.42. The second-order valence-electron chi connectivity index (χ2n) is 8.59. The minimum absolute atomic E-state index is 0.0890. The Morgan fingerprint density at radius 3 is 2.53 bits per heavy atom. The molecule has 1 saturated heterocycles. The van der Waals surface area contributed by atoms with E-state index in [4.69, 9.17) is 16.3 Å². The number of hydrogen-bond acceptors (Lipinski definition) is 5. The summed E-state index contributed by atoms with van der Waals surface area (Å²) in [4.78, 5) is 24.6. The molecule has 7 nitrogen and oxygen atoms in total. The minimum atomic E-state index is -0.521. The molecule has 1 aromatic heterocycles. The highest BCUT2D eigenvalue weighted by molar-refractivity contribution is 7.95. The first-order valence-electron chi connectivity index (χ1n) is 10.0. The average Bonchev–Trinajstić information content (AvgIpc) is 3.00. The van der Waals surface area contributed by atoms with E-state index in [2.05, 4.69) is 14.3 Å². The average molecular weight is 453 g/mol. The molecule has 0 atom stereocenters. The van der Waals surface area contributed by atoms with Crippen molar-refractivity contribution in [1.29, 1.82) is 0 Å². The first-order valence-corrected chi connectivity index (χ1v) is 11.2. The van der Waals surface area contributed by atoms with E-state index < -0.39 is 11.7 Å². The Bertz CT molecular complexity index is 946. The molecule has 164 valence electrons. The lowest BCUT2D eigenvalue weighted by molar-refractivity contribution is 0.0572. The number of aryl methyl sites for hydroxylation is 2. The quantitative estimate of drug-likeness (QED) is 0.671. The fourth-order valence-corrected chi connectivity index (χ4v) is 4.31. The van der Waals surface area contributed by atoms with Crippen molar-refractivity contribution in [3.05, 3.63) is 34.5 Å². The lowest BCUT2D eigenvalue weighted by atomic mass is 10.1. The molecule has 1 aromatic carbocycles. The van der Waals surface area contributed by atoms with E-state index in [0.717, 1.165) is 42.4 Å². The summed E-state index contributed by atoms with van der Waals surface area (Å²) in [5.41, 5.74) is 2.01. The van der Waals surface area contributed by atoms with Gasteiger partial charge in [-0.05, 0) is 58.2 Å². The van der Waals surface area contributed by atoms with Crippen LogP contribution in [0.3, 0.4) is 0 Å². The van der Waals surface area contributed by atoms with E-state index in [0.29, 0.717) is 10.7 Å². The minimum Gasteiger partial charge on any atom is -0.443 e. The van der Waals surface area contributed by atoms with Gasteiger partial charge in [0.15, 0.2) is 0 Å². The van der Waals surface area contributed by atoms with E-state index >= 15 is 0 Å². The molecule has 1 aliphatic heterocycles. The molecule has 2 heterocycles. The van der Waals surface area contributed by atoms with Crippen LogP contribution in [0.4, 0.5) is 4.79 Å². The molecule has 30 heavy (non-hydrogen) atoms. The summed E-state index contributed by atoms with van der Waals surface area (Å²) in [6, 6.07) is 5.90. The number of nitrogens with one attached hydrogen (secondary N) is 2. The van der Waals surface area contributed by atoms with Gasteiger partial charge in [-0.1, -0.05) is 17.7 Å². The van der Waals surface area contributed by atoms with Crippen molar-refractivity contribution in [3.63, 3.8) is 0 Å². The second kappa shape index (κ2) is 9.08. The fraction of sp³-hybridized carbons (Fsp3) is 0.524. The maximum absolute atomic E-state index is 12.9. The SMILES string of the molecule is Cc1ccc2c(cc(C(=O)NC3CCN(SNC(=O)OC(C)(C)C)CC3)n2C)c1Cl. The Hall–Kier alpha value is -1.90. The zero-order chi connectivity index (χ0) is 22.1. The number of aromatic nitrogens is 1. The first kappa shape index (κ1) is 22.8. The van der Waals surface area contributed by atoms with Crippen LogP contribution >= 0.6 is 23.7 Å². The highest BCUT2D eigenvalue weighted by atomic mass is 35.5. The van der Waals surface area contributed by atoms with Crippen LogP contribution in [0.2, 0.25) is 5.02 Å². The summed E-state index contributed by atoms with van der Waals surface area (Å²) in [5.74, 6) is -0.0968. The summed E-state index contributed by atoms with van der Waals surface area (Å²) in [7, 11) is 1.88. The molecule has 0 radical (unpaired) electrons. The molecular weight excluding hydrogens is 424 g/mol. The fourth-order valence-electron chi connectivity index (χ4n) is 3.45. The van der Waals surface area contributed by atoms with Crippen LogP contribution in [0.15, 0.2) is 18.2 Å². The highest BCUT2D eigenvalue weighted by Gasteiger charge is 2.24. The molecule has 0 unspecified atom stereocenters. The molecule has 0 spiro atoms. The van der Waals surface area contributed by atoms with Gasteiger partial charge in [-0.3, -0.25) is 9.52 Å². The van der Waals surface area contributed by atoms with Gasteiger partial charge in [-0.2, -0.15) is 0 Å². The standard InChI is InChI=1S/C21H29ClN4O3S/c1-13-6-7-16-15(18(13)22)12-17(25(16)5)19(27)23-14-8-10-26(11-9-14)30-24-20(28)29-21(2,3)4/h6-7,12,14H,8-11H2,1-5H3,(H,23,27)(H,24,28). The van der Waals surface area contributed by atoms with E-state index in [9.17, 15) is 9.59 Å². The van der Waals surface area contributed by atoms with Gasteiger partial charge in [-0.15, -0.1) is 0 Å². The number of carbonyl (C=O) groups is 2. The van der Waals surface area contributed by atoms with Crippen LogP contribution in [-0.4, -0.2) is 45.6 Å². The van der Waals surface area contributed by atoms with Crippen LogP contribution in [-0.2, 0) is 11.8 Å². The molecule has 2 N–H and O–H groups in total. The number of hydrogen-bond donors (Lipinski definition) is 2. The number of ether oxygens (including phenoxy) is 1. The molecule has 1 aliphatic rings. The lowest BCUT2D eigenvalue weighted by Crippen LogP contribution is -2.44. The largest absolute Gasteiger partial charge is 0.443 e. The highest BCUT2D eigenvalue weighted by Crippen LogP contribution is 2.29. The number of rotatable bonds is 4. The lowest BCUT2D eigenvalue weighted by Gasteiger charge is -2.31. The molecular formula is C21H29ClN4O3S. The van der Waals surface area contributed by atoms with E-state index in [1.165, 1.54) is 12.1 Å². The molecule has 0 aliphatic carbocycles. The van der Waals surface area contributed by atoms with E-state index in [1.54, 1.807) is 0 Å². The maximum Gasteiger partial charge on any atom is 0.418 e. The predicted octanol–water partition coefficient (Wildman–Crippen LogP) is 4.42. The Morgan fingerprint density at radius 2 is 1.90 bits per heavy atom. The van der Waals surface area contributed by atoms with E-state index in [-0.39, 0.29) is 11.9 Å². The third-order valence-electron chi connectivity index (χ3n) is 5.03. The summed E-state index contributed by atoms with van der Waals surface area (Å²) < 4.78 is 11.9. The van der Waals surface area contributed by atoms with Crippen LogP contribution in [0.5, 0.6) is 0 Å². The van der Waals surface area contributed by atoms with Crippen molar-refractivity contribution in [2.75, 3.05) is 13.1 Å². The van der Waals surface area contributed by atoms with Crippen molar-refractivity contribution in [3.8, 4) is 0 Å². The smallest absolute Gasteiger partial charge is 0.418 e. The van der Waals surface area contributed by atoms with Crippen molar-refractivity contribution in [2.24, 2.45) is 7.05 Å². The molecule has 2 aromatic rings. The monoisotopic (exact) mass is 452 g/mol. The zero-order valence-corrected chi connectivity index (χ0v) is 19.6. The summed E-state index contributed by atoms with van der Waals surface area (Å²) in [6.45, 7) is 8.96. The summed E-state index contributed by atoms with van der Waals surface area (Å²) >= 11 is 7.67. The topological polar surface area (TPSA) is 75.6 Å². The Morgan fingerprint density at radius 1 is 1.23 bits per heavy atom. The number of benzene rings is 1. The van der Waals surface area contributed by atoms with Gasteiger partial charge in [0, 0.05) is 49.2 Å². The van der Waals surface area contributed by atoms with Crippen LogP contribution < -0.4 is 10.0 Å². The Kier molecular flexibility index (Phi) is 6.89. The van der Waals surface area contributed by atoms with Crippen LogP contribution in [0.25, 0.3) is 10.9 Å². The van der Waals surface area contributed by atoms with Crippen molar-refractivity contribution in [1.82, 2.24) is 18.9 Å².